The molecule has 6 nitrogen and oxygen atoms in total. The molecular formula is C17H15F3N4O2S. The van der Waals surface area contributed by atoms with Crippen molar-refractivity contribution in [3.63, 3.8) is 0 Å². The predicted molar refractivity (Wildman–Crippen MR) is 92.6 cm³/mol. The van der Waals surface area contributed by atoms with Crippen molar-refractivity contribution in [1.82, 2.24) is 14.8 Å². The van der Waals surface area contributed by atoms with Crippen LogP contribution in [0.3, 0.4) is 0 Å². The normalized spacial score (nSPS) is 12.4. The van der Waals surface area contributed by atoms with Crippen LogP contribution in [0.25, 0.3) is 17.1 Å². The summed E-state index contributed by atoms with van der Waals surface area (Å²) >= 11 is 0. The molecule has 27 heavy (non-hydrogen) atoms. The van der Waals surface area contributed by atoms with Gasteiger partial charge in [0.05, 0.1) is 10.6 Å². The zero-order valence-electron chi connectivity index (χ0n) is 14.3. The highest BCUT2D eigenvalue weighted by Crippen LogP contribution is 2.31. The zero-order valence-corrected chi connectivity index (χ0v) is 15.1. The monoisotopic (exact) mass is 396 g/mol. The van der Waals surface area contributed by atoms with Crippen LogP contribution >= 0.6 is 0 Å². The Bertz CT molecular complexity index is 1100. The second-order valence-corrected chi connectivity index (χ2v) is 7.57. The van der Waals surface area contributed by atoms with Gasteiger partial charge >= 0.3 is 6.18 Å². The molecule has 0 radical (unpaired) electrons. The third-order valence-corrected chi connectivity index (χ3v) is 4.96. The largest absolute Gasteiger partial charge is 0.453 e. The lowest BCUT2D eigenvalue weighted by molar-refractivity contribution is -0.144. The van der Waals surface area contributed by atoms with Gasteiger partial charge in [-0.15, -0.1) is 5.10 Å². The minimum Gasteiger partial charge on any atom is -0.225 e. The molecule has 0 aliphatic carbocycles. The molecule has 2 N–H and O–H groups in total. The molecule has 1 aromatic heterocycles. The summed E-state index contributed by atoms with van der Waals surface area (Å²) in [5.41, 5.74) is 2.55. The molecule has 0 saturated carbocycles. The fraction of sp³-hybridized carbons (Fsp3) is 0.176. The quantitative estimate of drug-likeness (QED) is 0.736. The summed E-state index contributed by atoms with van der Waals surface area (Å²) in [6.45, 7) is 3.72. The lowest BCUT2D eigenvalue weighted by atomic mass is 10.1. The van der Waals surface area contributed by atoms with Gasteiger partial charge in [-0.2, -0.15) is 13.2 Å². The molecule has 2 aromatic carbocycles. The number of alkyl halides is 3. The van der Waals surface area contributed by atoms with Gasteiger partial charge in [-0.05, 0) is 55.3 Å². The van der Waals surface area contributed by atoms with Crippen molar-refractivity contribution in [2.24, 2.45) is 5.14 Å². The first-order valence-electron chi connectivity index (χ1n) is 7.72. The number of aryl methyl sites for hydroxylation is 2. The molecule has 3 aromatic rings. The number of aromatic nitrogens is 3. The number of nitrogens with two attached hydrogens (primary N) is 1. The Morgan fingerprint density at radius 2 is 1.63 bits per heavy atom. The Labute approximate surface area is 153 Å². The van der Waals surface area contributed by atoms with Crippen LogP contribution in [0.5, 0.6) is 0 Å². The highest BCUT2D eigenvalue weighted by Gasteiger charge is 2.37. The van der Waals surface area contributed by atoms with Gasteiger partial charge in [0.2, 0.25) is 10.0 Å². The summed E-state index contributed by atoms with van der Waals surface area (Å²) in [6, 6.07) is 10.2. The maximum Gasteiger partial charge on any atom is 0.453 e. The summed E-state index contributed by atoms with van der Waals surface area (Å²) < 4.78 is 63.2. The van der Waals surface area contributed by atoms with Crippen LogP contribution in [0.15, 0.2) is 47.4 Å². The second-order valence-electron chi connectivity index (χ2n) is 6.01. The number of primary sulfonamides is 1. The molecule has 142 valence electrons. The molecule has 0 spiro atoms. The van der Waals surface area contributed by atoms with E-state index in [4.69, 9.17) is 5.14 Å². The van der Waals surface area contributed by atoms with Gasteiger partial charge in [0.15, 0.2) is 5.82 Å². The lowest BCUT2D eigenvalue weighted by Gasteiger charge is -2.08. The van der Waals surface area contributed by atoms with Gasteiger partial charge in [0.1, 0.15) is 0 Å². The van der Waals surface area contributed by atoms with Crippen LogP contribution in [-0.4, -0.2) is 23.2 Å². The molecule has 10 heteroatoms. The van der Waals surface area contributed by atoms with Crippen LogP contribution in [0.2, 0.25) is 0 Å². The maximum absolute atomic E-state index is 13.1. The summed E-state index contributed by atoms with van der Waals surface area (Å²) in [4.78, 5) is 3.50. The predicted octanol–water partition coefficient (Wildman–Crippen LogP) is 3.22. The van der Waals surface area contributed by atoms with Crippen LogP contribution in [0, 0.1) is 13.8 Å². The van der Waals surface area contributed by atoms with E-state index < -0.39 is 22.0 Å². The van der Waals surface area contributed by atoms with Gasteiger partial charge in [-0.3, -0.25) is 0 Å². The van der Waals surface area contributed by atoms with Crippen molar-refractivity contribution in [2.75, 3.05) is 0 Å². The van der Waals surface area contributed by atoms with Crippen molar-refractivity contribution >= 4 is 10.0 Å². The molecule has 0 unspecified atom stereocenters. The summed E-state index contributed by atoms with van der Waals surface area (Å²) in [5.74, 6) is -1.29. The number of hydrogen-bond acceptors (Lipinski definition) is 4. The zero-order chi connectivity index (χ0) is 20.0. The van der Waals surface area contributed by atoms with Gasteiger partial charge in [0.25, 0.3) is 5.82 Å². The van der Waals surface area contributed by atoms with Crippen LogP contribution < -0.4 is 5.14 Å². The van der Waals surface area contributed by atoms with Gasteiger partial charge < -0.3 is 0 Å². The van der Waals surface area contributed by atoms with Crippen LogP contribution in [-0.2, 0) is 16.2 Å². The Kier molecular flexibility index (Phi) is 4.56. The van der Waals surface area contributed by atoms with E-state index in [1.165, 1.54) is 24.3 Å². The number of nitrogens with zero attached hydrogens (tertiary/aromatic N) is 3. The van der Waals surface area contributed by atoms with Gasteiger partial charge in [-0.25, -0.2) is 23.2 Å². The Morgan fingerprint density at radius 3 is 2.15 bits per heavy atom. The summed E-state index contributed by atoms with van der Waals surface area (Å²) in [5, 5.41) is 8.62. The topological polar surface area (TPSA) is 90.9 Å². The molecule has 0 saturated heterocycles. The first-order valence-corrected chi connectivity index (χ1v) is 9.26. The first kappa shape index (κ1) is 19.1. The standard InChI is InChI=1S/C17H15F3N4O2S/c1-10-3-4-12(9-11(10)2)15-22-16(17(18,19)20)23-24(15)13-5-7-14(8-6-13)27(21,25)26/h3-9H,1-2H3,(H2,21,25,26). The van der Waals surface area contributed by atoms with Crippen molar-refractivity contribution in [3.8, 4) is 17.1 Å². The minimum absolute atomic E-state index is 0.00576. The van der Waals surface area contributed by atoms with E-state index in [9.17, 15) is 21.6 Å². The second kappa shape index (κ2) is 6.46. The van der Waals surface area contributed by atoms with Crippen molar-refractivity contribution in [1.29, 1.82) is 0 Å². The molecule has 0 aliphatic rings. The van der Waals surface area contributed by atoms with Crippen molar-refractivity contribution in [2.45, 2.75) is 24.9 Å². The first-order chi connectivity index (χ1) is 12.5. The Balaban J connectivity index is 2.19. The summed E-state index contributed by atoms with van der Waals surface area (Å²) in [7, 11) is -3.92. The van der Waals surface area contributed by atoms with Crippen molar-refractivity contribution < 1.29 is 21.6 Å². The fourth-order valence-electron chi connectivity index (χ4n) is 2.46. The van der Waals surface area contributed by atoms with E-state index in [0.29, 0.717) is 5.56 Å². The number of rotatable bonds is 3. The highest BCUT2D eigenvalue weighted by atomic mass is 32.2. The third kappa shape index (κ3) is 3.86. The molecular weight excluding hydrogens is 381 g/mol. The number of benzene rings is 2. The van der Waals surface area contributed by atoms with E-state index in [0.717, 1.165) is 15.8 Å². The third-order valence-electron chi connectivity index (χ3n) is 4.04. The summed E-state index contributed by atoms with van der Waals surface area (Å²) in [6.07, 6.45) is -4.72. The van der Waals surface area contributed by atoms with E-state index in [1.807, 2.05) is 13.8 Å². The minimum atomic E-state index is -4.72. The van der Waals surface area contributed by atoms with Gasteiger partial charge in [0, 0.05) is 5.56 Å². The molecule has 0 bridgehead atoms. The lowest BCUT2D eigenvalue weighted by Crippen LogP contribution is -2.12. The molecule has 0 aliphatic heterocycles. The molecule has 1 heterocycles. The van der Waals surface area contributed by atoms with E-state index in [1.54, 1.807) is 18.2 Å². The number of hydrogen-bond donors (Lipinski definition) is 1. The molecule has 0 fully saturated rings. The molecule has 3 rings (SSSR count). The molecule has 0 amide bonds. The SMILES string of the molecule is Cc1ccc(-c2nc(C(F)(F)F)nn2-c2ccc(S(N)(=O)=O)cc2)cc1C. The maximum atomic E-state index is 13.1. The number of sulfonamides is 1. The van der Waals surface area contributed by atoms with E-state index in [2.05, 4.69) is 10.1 Å². The average Bonchev–Trinajstić information content (AvgIpc) is 3.02. The highest BCUT2D eigenvalue weighted by molar-refractivity contribution is 7.89. The van der Waals surface area contributed by atoms with Crippen LogP contribution in [0.1, 0.15) is 17.0 Å². The fourth-order valence-corrected chi connectivity index (χ4v) is 2.97. The average molecular weight is 396 g/mol. The Hall–Kier alpha value is -2.72. The Morgan fingerprint density at radius 1 is 1.00 bits per heavy atom. The molecule has 0 atom stereocenters. The van der Waals surface area contributed by atoms with E-state index >= 15 is 0 Å². The smallest absolute Gasteiger partial charge is 0.225 e. The van der Waals surface area contributed by atoms with E-state index in [-0.39, 0.29) is 16.4 Å². The van der Waals surface area contributed by atoms with Crippen LogP contribution in [0.4, 0.5) is 13.2 Å². The van der Waals surface area contributed by atoms with Gasteiger partial charge in [-0.1, -0.05) is 12.1 Å². The number of halogens is 3. The van der Waals surface area contributed by atoms with Crippen molar-refractivity contribution in [3.05, 3.63) is 59.4 Å².